The highest BCUT2D eigenvalue weighted by atomic mass is 127. The third kappa shape index (κ3) is 7.79. The minimum absolute atomic E-state index is 0.0606. The molecule has 0 unspecified atom stereocenters. The number of hydrogen-bond acceptors (Lipinski definition) is 4. The molecule has 0 heterocycles. The Balaban J connectivity index is 2.01. The van der Waals surface area contributed by atoms with Crippen molar-refractivity contribution in [3.05, 3.63) is 92.5 Å². The summed E-state index contributed by atoms with van der Waals surface area (Å²) >= 11 is 5.60. The molecule has 0 bridgehead atoms. The number of hydrogen-bond donors (Lipinski definition) is 1. The van der Waals surface area contributed by atoms with Crippen LogP contribution in [-0.2, 0) is 26.2 Å². The summed E-state index contributed by atoms with van der Waals surface area (Å²) in [7, 11) is -4.07. The number of anilines is 1. The predicted molar refractivity (Wildman–Crippen MR) is 162 cm³/mol. The quantitative estimate of drug-likeness (QED) is 0.263. The van der Waals surface area contributed by atoms with Gasteiger partial charge in [0.1, 0.15) is 12.6 Å². The van der Waals surface area contributed by atoms with Crippen LogP contribution in [0.1, 0.15) is 32.8 Å². The maximum atomic E-state index is 13.9. The van der Waals surface area contributed by atoms with Crippen LogP contribution in [0, 0.1) is 3.57 Å². The fourth-order valence-corrected chi connectivity index (χ4v) is 5.98. The van der Waals surface area contributed by atoms with Crippen molar-refractivity contribution in [2.75, 3.05) is 10.8 Å². The van der Waals surface area contributed by atoms with Crippen LogP contribution in [0.2, 0.25) is 0 Å². The average Bonchev–Trinajstić information content (AvgIpc) is 2.90. The number of amides is 2. The molecule has 10 heteroatoms. The van der Waals surface area contributed by atoms with E-state index in [1.165, 1.54) is 17.0 Å². The van der Waals surface area contributed by atoms with E-state index in [0.717, 1.165) is 24.3 Å². The van der Waals surface area contributed by atoms with Crippen LogP contribution in [0.4, 0.5) is 5.69 Å². The molecule has 0 spiro atoms. The summed E-state index contributed by atoms with van der Waals surface area (Å²) in [6.45, 7) is 5.20. The molecule has 3 aromatic rings. The second kappa shape index (κ2) is 13.6. The minimum atomic E-state index is -4.07. The second-order valence-electron chi connectivity index (χ2n) is 8.95. The Kier molecular flexibility index (Phi) is 10.8. The summed E-state index contributed by atoms with van der Waals surface area (Å²) in [6, 6.07) is 21.5. The van der Waals surface area contributed by atoms with Crippen molar-refractivity contribution < 1.29 is 18.0 Å². The van der Waals surface area contributed by atoms with Crippen LogP contribution in [0.3, 0.4) is 0 Å². The van der Waals surface area contributed by atoms with Gasteiger partial charge in [0.05, 0.1) is 10.6 Å². The first-order chi connectivity index (χ1) is 18.0. The largest absolute Gasteiger partial charge is 0.352 e. The van der Waals surface area contributed by atoms with Gasteiger partial charge in [0, 0.05) is 20.6 Å². The van der Waals surface area contributed by atoms with Crippen molar-refractivity contribution in [3.8, 4) is 0 Å². The first kappa shape index (κ1) is 30.1. The first-order valence-electron chi connectivity index (χ1n) is 12.2. The van der Waals surface area contributed by atoms with Gasteiger partial charge in [-0.2, -0.15) is 0 Å². The molecule has 3 aromatic carbocycles. The van der Waals surface area contributed by atoms with Crippen molar-refractivity contribution in [2.24, 2.45) is 0 Å². The van der Waals surface area contributed by atoms with Gasteiger partial charge in [0.15, 0.2) is 0 Å². The maximum Gasteiger partial charge on any atom is 0.264 e. The molecule has 2 amide bonds. The smallest absolute Gasteiger partial charge is 0.264 e. The van der Waals surface area contributed by atoms with Crippen LogP contribution in [0.15, 0.2) is 88.2 Å². The van der Waals surface area contributed by atoms with Crippen LogP contribution in [0.5, 0.6) is 0 Å². The molecule has 0 aromatic heterocycles. The molecule has 2 atom stereocenters. The van der Waals surface area contributed by atoms with Gasteiger partial charge >= 0.3 is 0 Å². The number of carbonyl (C=O) groups excluding carboxylic acids is 2. The monoisotopic (exact) mass is 711 g/mol. The lowest BCUT2D eigenvalue weighted by molar-refractivity contribution is -0.139. The number of rotatable bonds is 11. The van der Waals surface area contributed by atoms with Crippen LogP contribution in [0.25, 0.3) is 0 Å². The Labute approximate surface area is 246 Å². The predicted octanol–water partition coefficient (Wildman–Crippen LogP) is 5.58. The van der Waals surface area contributed by atoms with E-state index in [4.69, 9.17) is 0 Å². The number of halogens is 2. The van der Waals surface area contributed by atoms with E-state index in [1.54, 1.807) is 49.4 Å². The van der Waals surface area contributed by atoms with Gasteiger partial charge in [0.25, 0.3) is 10.0 Å². The highest BCUT2D eigenvalue weighted by molar-refractivity contribution is 14.1. The topological polar surface area (TPSA) is 86.8 Å². The van der Waals surface area contributed by atoms with E-state index in [2.05, 4.69) is 43.8 Å². The lowest BCUT2D eigenvalue weighted by atomic mass is 10.1. The number of sulfonamides is 1. The van der Waals surface area contributed by atoms with E-state index in [-0.39, 0.29) is 23.4 Å². The van der Waals surface area contributed by atoms with Crippen molar-refractivity contribution in [1.29, 1.82) is 0 Å². The van der Waals surface area contributed by atoms with Gasteiger partial charge in [-0.1, -0.05) is 53.2 Å². The lowest BCUT2D eigenvalue weighted by Crippen LogP contribution is -2.52. The molecule has 0 saturated heterocycles. The standard InChI is InChI=1S/C28H31BrIN3O4S/c1-4-20(2)31-28(35)21(3)32(18-22-9-8-10-23(29)17-22)27(34)19-33(25-15-13-24(30)14-16-25)38(36,37)26-11-6-5-7-12-26/h5-17,20-21H,4,18-19H2,1-3H3,(H,31,35)/t20-,21-/m0/s1. The van der Waals surface area contributed by atoms with Crippen molar-refractivity contribution in [2.45, 2.75) is 50.7 Å². The zero-order valence-corrected chi connectivity index (χ0v) is 26.0. The van der Waals surface area contributed by atoms with Gasteiger partial charge in [-0.15, -0.1) is 0 Å². The van der Waals surface area contributed by atoms with E-state index < -0.39 is 28.5 Å². The molecule has 7 nitrogen and oxygen atoms in total. The highest BCUT2D eigenvalue weighted by Crippen LogP contribution is 2.25. The third-order valence-corrected chi connectivity index (χ3v) is 9.14. The Morgan fingerprint density at radius 3 is 2.24 bits per heavy atom. The fraction of sp³-hybridized carbons (Fsp3) is 0.286. The molecule has 0 saturated carbocycles. The van der Waals surface area contributed by atoms with E-state index >= 15 is 0 Å². The summed E-state index contributed by atoms with van der Waals surface area (Å²) in [6.07, 6.45) is 0.744. The zero-order valence-electron chi connectivity index (χ0n) is 21.5. The minimum Gasteiger partial charge on any atom is -0.352 e. The Bertz CT molecular complexity index is 1350. The Morgan fingerprint density at radius 1 is 0.974 bits per heavy atom. The van der Waals surface area contributed by atoms with Gasteiger partial charge in [0.2, 0.25) is 11.8 Å². The van der Waals surface area contributed by atoms with Crippen LogP contribution < -0.4 is 9.62 Å². The summed E-state index contributed by atoms with van der Waals surface area (Å²) in [5.41, 5.74) is 1.17. The molecule has 0 aliphatic rings. The molecule has 0 radical (unpaired) electrons. The molecular weight excluding hydrogens is 681 g/mol. The van der Waals surface area contributed by atoms with Crippen LogP contribution in [-0.4, -0.2) is 43.8 Å². The van der Waals surface area contributed by atoms with Crippen LogP contribution >= 0.6 is 38.5 Å². The summed E-state index contributed by atoms with van der Waals surface area (Å²) in [5, 5.41) is 2.93. The third-order valence-electron chi connectivity index (χ3n) is 6.13. The fourth-order valence-electron chi connectivity index (χ4n) is 3.74. The normalized spacial score (nSPS) is 12.9. The van der Waals surface area contributed by atoms with E-state index in [9.17, 15) is 18.0 Å². The second-order valence-corrected chi connectivity index (χ2v) is 13.0. The van der Waals surface area contributed by atoms with Gasteiger partial charge in [-0.3, -0.25) is 13.9 Å². The highest BCUT2D eigenvalue weighted by Gasteiger charge is 2.32. The number of benzene rings is 3. The SMILES string of the molecule is CC[C@H](C)NC(=O)[C@H](C)N(Cc1cccc(Br)c1)C(=O)CN(c1ccc(I)cc1)S(=O)(=O)c1ccccc1. The van der Waals surface area contributed by atoms with Gasteiger partial charge in [-0.05, 0) is 97.0 Å². The maximum absolute atomic E-state index is 13.9. The van der Waals surface area contributed by atoms with E-state index in [0.29, 0.717) is 5.69 Å². The molecule has 3 rings (SSSR count). The summed E-state index contributed by atoms with van der Waals surface area (Å²) in [5.74, 6) is -0.788. The van der Waals surface area contributed by atoms with Gasteiger partial charge in [-0.25, -0.2) is 8.42 Å². The molecule has 0 aliphatic carbocycles. The molecule has 0 fully saturated rings. The molecule has 38 heavy (non-hydrogen) atoms. The Morgan fingerprint density at radius 2 is 1.63 bits per heavy atom. The molecule has 0 aliphatic heterocycles. The molecule has 202 valence electrons. The van der Waals surface area contributed by atoms with Gasteiger partial charge < -0.3 is 10.2 Å². The number of nitrogens with zero attached hydrogens (tertiary/aromatic N) is 2. The van der Waals surface area contributed by atoms with Crippen molar-refractivity contribution >= 4 is 66.0 Å². The molecule has 1 N–H and O–H groups in total. The van der Waals surface area contributed by atoms with Crippen molar-refractivity contribution in [1.82, 2.24) is 10.2 Å². The lowest BCUT2D eigenvalue weighted by Gasteiger charge is -2.32. The average molecular weight is 712 g/mol. The Hall–Kier alpha value is -2.44. The van der Waals surface area contributed by atoms with E-state index in [1.807, 2.05) is 38.1 Å². The molecular formula is C28H31BrIN3O4S. The summed E-state index contributed by atoms with van der Waals surface area (Å²) in [4.78, 5) is 28.5. The van der Waals surface area contributed by atoms with Crippen molar-refractivity contribution in [3.63, 3.8) is 0 Å². The number of nitrogens with one attached hydrogen (secondary N) is 1. The summed E-state index contributed by atoms with van der Waals surface area (Å²) < 4.78 is 30.3. The number of carbonyl (C=O) groups is 2. The zero-order chi connectivity index (χ0) is 27.9. The first-order valence-corrected chi connectivity index (χ1v) is 15.5.